The molecule has 0 aliphatic heterocycles. The van der Waals surface area contributed by atoms with Crippen molar-refractivity contribution in [1.29, 1.82) is 5.41 Å². The van der Waals surface area contributed by atoms with Crippen LogP contribution in [0.2, 0.25) is 0 Å². The van der Waals surface area contributed by atoms with E-state index in [0.717, 1.165) is 5.56 Å². The summed E-state index contributed by atoms with van der Waals surface area (Å²) in [5.74, 6) is -0.0398. The lowest BCUT2D eigenvalue weighted by Gasteiger charge is -2.30. The van der Waals surface area contributed by atoms with Crippen molar-refractivity contribution in [3.63, 3.8) is 0 Å². The van der Waals surface area contributed by atoms with Crippen LogP contribution in [0.1, 0.15) is 31.0 Å². The van der Waals surface area contributed by atoms with Gasteiger partial charge < -0.3 is 20.1 Å². The van der Waals surface area contributed by atoms with Crippen LogP contribution in [0.15, 0.2) is 61.2 Å². The van der Waals surface area contributed by atoms with Gasteiger partial charge in [-0.25, -0.2) is 9.67 Å². The molecule has 0 radical (unpaired) electrons. The highest BCUT2D eigenvalue weighted by Crippen LogP contribution is 2.27. The summed E-state index contributed by atoms with van der Waals surface area (Å²) in [6.45, 7) is 4.22. The molecule has 0 saturated heterocycles. The van der Waals surface area contributed by atoms with E-state index in [4.69, 9.17) is 14.9 Å². The molecule has 0 bridgehead atoms. The Kier molecular flexibility index (Phi) is 9.59. The number of ether oxygens (including phenoxy) is 2. The number of aromatic nitrogens is 3. The molecule has 3 rings (SSSR count). The highest BCUT2D eigenvalue weighted by atomic mass is 16.5. The monoisotopic (exact) mass is 507 g/mol. The fourth-order valence-electron chi connectivity index (χ4n) is 3.97. The van der Waals surface area contributed by atoms with E-state index in [-0.39, 0.29) is 24.2 Å². The largest absolute Gasteiger partial charge is 0.493 e. The maximum atomic E-state index is 13.3. The van der Waals surface area contributed by atoms with Crippen LogP contribution in [-0.2, 0) is 22.6 Å². The summed E-state index contributed by atoms with van der Waals surface area (Å²) in [5.41, 5.74) is 1.62. The second kappa shape index (κ2) is 13.1. The molecule has 1 aromatic heterocycles. The third-order valence-electron chi connectivity index (χ3n) is 5.74. The van der Waals surface area contributed by atoms with Crippen molar-refractivity contribution in [2.45, 2.75) is 38.9 Å². The van der Waals surface area contributed by atoms with Gasteiger partial charge in [0.1, 0.15) is 18.7 Å². The van der Waals surface area contributed by atoms with Crippen LogP contribution in [-0.4, -0.2) is 52.8 Å². The summed E-state index contributed by atoms with van der Waals surface area (Å²) in [7, 11) is 3.05. The van der Waals surface area contributed by atoms with Gasteiger partial charge in [-0.2, -0.15) is 5.10 Å². The summed E-state index contributed by atoms with van der Waals surface area (Å²) >= 11 is 0. The van der Waals surface area contributed by atoms with Crippen LogP contribution < -0.4 is 25.4 Å². The maximum Gasteiger partial charge on any atom is 0.245 e. The van der Waals surface area contributed by atoms with Gasteiger partial charge >= 0.3 is 0 Å². The first kappa shape index (κ1) is 27.2. The molecule has 0 fully saturated rings. The molecule has 0 spiro atoms. The van der Waals surface area contributed by atoms with E-state index in [9.17, 15) is 9.59 Å². The number of rotatable bonds is 11. The van der Waals surface area contributed by atoms with Crippen LogP contribution in [0.5, 0.6) is 11.5 Å². The molecular weight excluding hydrogens is 474 g/mol. The third-order valence-corrected chi connectivity index (χ3v) is 5.74. The van der Waals surface area contributed by atoms with Crippen LogP contribution >= 0.6 is 0 Å². The minimum atomic E-state index is -0.903. The van der Waals surface area contributed by atoms with Gasteiger partial charge in [0.05, 0.1) is 26.7 Å². The van der Waals surface area contributed by atoms with E-state index in [1.807, 2.05) is 44.2 Å². The molecule has 2 atom stereocenters. The first-order chi connectivity index (χ1) is 17.8. The van der Waals surface area contributed by atoms with E-state index in [1.54, 1.807) is 22.9 Å². The molecule has 2 amide bonds. The number of nitrogens with one attached hydrogen (secondary N) is 4. The lowest BCUT2D eigenvalue weighted by atomic mass is 9.95. The van der Waals surface area contributed by atoms with Gasteiger partial charge in [0, 0.05) is 6.54 Å². The molecule has 0 saturated carbocycles. The first-order valence-corrected chi connectivity index (χ1v) is 11.8. The molecule has 196 valence electrons. The summed E-state index contributed by atoms with van der Waals surface area (Å²) in [5, 5.41) is 20.9. The number of carbonyl (C=O) groups excluding carboxylic acids is 2. The van der Waals surface area contributed by atoms with Crippen molar-refractivity contribution in [2.75, 3.05) is 14.2 Å². The zero-order valence-electron chi connectivity index (χ0n) is 21.4. The molecular formula is C26H33N7O4. The van der Waals surface area contributed by atoms with Crippen molar-refractivity contribution in [3.8, 4) is 11.5 Å². The highest BCUT2D eigenvalue weighted by molar-refractivity contribution is 5.98. The molecule has 2 unspecified atom stereocenters. The quantitative estimate of drug-likeness (QED) is 0.230. The number of guanidine groups is 1. The van der Waals surface area contributed by atoms with Crippen LogP contribution in [0.4, 0.5) is 0 Å². The number of benzene rings is 2. The van der Waals surface area contributed by atoms with Crippen LogP contribution in [0.25, 0.3) is 0 Å². The number of amides is 2. The smallest absolute Gasteiger partial charge is 0.245 e. The molecule has 4 N–H and O–H groups in total. The summed E-state index contributed by atoms with van der Waals surface area (Å²) in [4.78, 5) is 30.0. The Labute approximate surface area is 216 Å². The van der Waals surface area contributed by atoms with Gasteiger partial charge in [-0.15, -0.1) is 0 Å². The minimum Gasteiger partial charge on any atom is -0.493 e. The summed E-state index contributed by atoms with van der Waals surface area (Å²) in [6.07, 6.45) is 2.93. The van der Waals surface area contributed by atoms with Gasteiger partial charge in [-0.05, 0) is 29.2 Å². The van der Waals surface area contributed by atoms with Gasteiger partial charge in [0.25, 0.3) is 0 Å². The van der Waals surface area contributed by atoms with Crippen molar-refractivity contribution in [3.05, 3.63) is 72.3 Å². The fourth-order valence-corrected chi connectivity index (χ4v) is 3.97. The lowest BCUT2D eigenvalue weighted by molar-refractivity contribution is -0.125. The molecule has 11 nitrogen and oxygen atoms in total. The number of hydrogen-bond acceptors (Lipinski definition) is 7. The number of carbonyl (C=O) groups is 2. The fraction of sp³-hybridized carbons (Fsp3) is 0.346. The van der Waals surface area contributed by atoms with Gasteiger partial charge in [0.15, 0.2) is 17.5 Å². The average Bonchev–Trinajstić information content (AvgIpc) is 3.41. The molecule has 11 heteroatoms. The number of methoxy groups -OCH3 is 2. The number of hydrogen-bond donors (Lipinski definition) is 4. The predicted molar refractivity (Wildman–Crippen MR) is 138 cm³/mol. The van der Waals surface area contributed by atoms with E-state index >= 15 is 0 Å². The van der Waals surface area contributed by atoms with Gasteiger partial charge in [0.2, 0.25) is 11.8 Å². The maximum absolute atomic E-state index is 13.3. The normalized spacial score (nSPS) is 12.4. The highest BCUT2D eigenvalue weighted by Gasteiger charge is 2.33. The second-order valence-corrected chi connectivity index (χ2v) is 8.72. The minimum absolute atomic E-state index is 0.00592. The van der Waals surface area contributed by atoms with Crippen LogP contribution in [0.3, 0.4) is 0 Å². The Bertz CT molecular complexity index is 1180. The Morgan fingerprint density at radius 1 is 1.03 bits per heavy atom. The predicted octanol–water partition coefficient (Wildman–Crippen LogP) is 2.06. The van der Waals surface area contributed by atoms with Gasteiger partial charge in [-0.3, -0.25) is 20.3 Å². The Morgan fingerprint density at radius 2 is 1.76 bits per heavy atom. The topological polar surface area (TPSA) is 143 Å². The van der Waals surface area contributed by atoms with Crippen molar-refractivity contribution < 1.29 is 19.1 Å². The third kappa shape index (κ3) is 7.53. The standard InChI is InChI=1S/C26H33N7O4/c1-17(2)24(33-16-28-15-30-33)23(25(35)29-14-18-8-6-5-7-9-18)32-26(27)31-22(34)13-19-10-11-20(36-3)21(12-19)37-4/h5-12,15-17,23-24H,13-14H2,1-4H3,(H,29,35)(H3,27,31,32,34). The molecule has 0 aliphatic carbocycles. The molecule has 2 aromatic carbocycles. The van der Waals surface area contributed by atoms with Crippen molar-refractivity contribution in [1.82, 2.24) is 30.7 Å². The molecule has 37 heavy (non-hydrogen) atoms. The lowest BCUT2D eigenvalue weighted by Crippen LogP contribution is -2.56. The Hall–Kier alpha value is -4.41. The first-order valence-electron chi connectivity index (χ1n) is 11.8. The van der Waals surface area contributed by atoms with Crippen molar-refractivity contribution in [2.24, 2.45) is 5.92 Å². The molecule has 1 heterocycles. The zero-order chi connectivity index (χ0) is 26.8. The van der Waals surface area contributed by atoms with Gasteiger partial charge in [-0.1, -0.05) is 50.2 Å². The van der Waals surface area contributed by atoms with E-state index in [2.05, 4.69) is 26.0 Å². The Morgan fingerprint density at radius 3 is 2.38 bits per heavy atom. The average molecular weight is 508 g/mol. The van der Waals surface area contributed by atoms with E-state index < -0.39 is 18.0 Å². The molecule has 0 aliphatic rings. The zero-order valence-corrected chi connectivity index (χ0v) is 21.4. The SMILES string of the molecule is COc1ccc(CC(=O)NC(=N)NC(C(=O)NCc2ccccc2)C(C(C)C)n2cncn2)cc1OC. The number of nitrogens with zero attached hydrogens (tertiary/aromatic N) is 3. The van der Waals surface area contributed by atoms with Crippen molar-refractivity contribution >= 4 is 17.8 Å². The van der Waals surface area contributed by atoms with E-state index in [0.29, 0.717) is 23.6 Å². The second-order valence-electron chi connectivity index (χ2n) is 8.72. The van der Waals surface area contributed by atoms with Crippen LogP contribution in [0, 0.1) is 11.3 Å². The van der Waals surface area contributed by atoms with E-state index in [1.165, 1.54) is 26.9 Å². The Balaban J connectivity index is 1.71. The molecule has 3 aromatic rings. The summed E-state index contributed by atoms with van der Waals surface area (Å²) in [6, 6.07) is 13.3. The summed E-state index contributed by atoms with van der Waals surface area (Å²) < 4.78 is 12.1.